The molecule has 3 fully saturated rings. The van der Waals surface area contributed by atoms with Crippen LogP contribution in [0.5, 0.6) is 0 Å². The lowest BCUT2D eigenvalue weighted by molar-refractivity contribution is -0.146. The second-order valence-corrected chi connectivity index (χ2v) is 13.8. The topological polar surface area (TPSA) is 90.5 Å². The smallest absolute Gasteiger partial charge is 0.237 e. The van der Waals surface area contributed by atoms with Crippen LogP contribution >= 0.6 is 11.6 Å². The number of carbonyl (C=O) groups excluding carboxylic acids is 3. The van der Waals surface area contributed by atoms with E-state index in [0.29, 0.717) is 43.3 Å². The number of likely N-dealkylation sites (tertiary alicyclic amines) is 1. The summed E-state index contributed by atoms with van der Waals surface area (Å²) < 4.78 is 0. The molecule has 222 valence electrons. The Labute approximate surface area is 245 Å². The molecule has 1 aromatic rings. The zero-order valence-electron chi connectivity index (χ0n) is 24.7. The highest BCUT2D eigenvalue weighted by molar-refractivity contribution is 6.30. The predicted molar refractivity (Wildman–Crippen MR) is 160 cm³/mol. The highest BCUT2D eigenvalue weighted by Gasteiger charge is 2.48. The van der Waals surface area contributed by atoms with E-state index in [9.17, 15) is 14.4 Å². The second kappa shape index (κ2) is 13.7. The number of halogens is 1. The van der Waals surface area contributed by atoms with Crippen LogP contribution in [0.4, 0.5) is 0 Å². The van der Waals surface area contributed by atoms with Crippen LogP contribution in [0.3, 0.4) is 0 Å². The summed E-state index contributed by atoms with van der Waals surface area (Å²) in [6, 6.07) is 7.09. The number of nitrogens with zero attached hydrogens (tertiary/aromatic N) is 1. The Morgan fingerprint density at radius 3 is 2.25 bits per heavy atom. The first kappa shape index (κ1) is 30.8. The van der Waals surface area contributed by atoms with E-state index >= 15 is 0 Å². The minimum atomic E-state index is -0.409. The van der Waals surface area contributed by atoms with Crippen molar-refractivity contribution in [3.8, 4) is 0 Å². The summed E-state index contributed by atoms with van der Waals surface area (Å²) in [5.74, 6) is 0.553. The van der Waals surface area contributed by atoms with E-state index in [1.807, 2.05) is 49.9 Å². The Morgan fingerprint density at radius 1 is 1.00 bits per heavy atom. The van der Waals surface area contributed by atoms with Gasteiger partial charge in [-0.05, 0) is 95.9 Å². The maximum absolute atomic E-state index is 13.7. The van der Waals surface area contributed by atoms with Crippen molar-refractivity contribution in [1.29, 1.82) is 0 Å². The van der Waals surface area contributed by atoms with Crippen LogP contribution in [-0.4, -0.2) is 59.9 Å². The van der Waals surface area contributed by atoms with Gasteiger partial charge in [-0.1, -0.05) is 49.4 Å². The molecule has 0 bridgehead atoms. The third-order valence-corrected chi connectivity index (χ3v) is 9.38. The fraction of sp³-hybridized carbons (Fsp3) is 0.719. The highest BCUT2D eigenvalue weighted by Crippen LogP contribution is 2.46. The first-order chi connectivity index (χ1) is 19.1. The van der Waals surface area contributed by atoms with Crippen LogP contribution in [0, 0.1) is 11.3 Å². The standard InChI is InChI=1S/C32H49ClN4O3/c1-31(2,3)36-30(40)32(24-9-5-4-6-10-24)16-19-37(20-17-32)28(38)22-26(21-23-12-14-25(33)15-13-23)35-29(39)27-11-7-8-18-34-27/h12-15,24,26-27,34H,4-11,16-22H2,1-3H3,(H,35,39)(H,36,40)/t26-,27-/m1/s1. The number of carbonyl (C=O) groups is 3. The van der Waals surface area contributed by atoms with Crippen molar-refractivity contribution in [2.24, 2.45) is 11.3 Å². The average molecular weight is 573 g/mol. The summed E-state index contributed by atoms with van der Waals surface area (Å²) in [4.78, 5) is 42.4. The van der Waals surface area contributed by atoms with E-state index in [1.54, 1.807) is 0 Å². The second-order valence-electron chi connectivity index (χ2n) is 13.3. The number of piperidine rings is 2. The Morgan fingerprint density at radius 2 is 1.65 bits per heavy atom. The van der Waals surface area contributed by atoms with Crippen LogP contribution in [0.15, 0.2) is 24.3 Å². The van der Waals surface area contributed by atoms with Gasteiger partial charge in [0.05, 0.1) is 11.5 Å². The molecule has 2 atom stereocenters. The van der Waals surface area contributed by atoms with Crippen LogP contribution in [0.25, 0.3) is 0 Å². The summed E-state index contributed by atoms with van der Waals surface area (Å²) in [6.45, 7) is 8.12. The Bertz CT molecular complexity index is 1000. The van der Waals surface area contributed by atoms with E-state index in [0.717, 1.165) is 44.2 Å². The molecule has 1 aliphatic carbocycles. The van der Waals surface area contributed by atoms with E-state index in [2.05, 4.69) is 16.0 Å². The minimum Gasteiger partial charge on any atom is -0.351 e. The molecule has 2 saturated heterocycles. The van der Waals surface area contributed by atoms with Gasteiger partial charge < -0.3 is 20.9 Å². The molecule has 7 nitrogen and oxygen atoms in total. The van der Waals surface area contributed by atoms with Gasteiger partial charge in [-0.3, -0.25) is 14.4 Å². The molecule has 0 aromatic heterocycles. The molecule has 0 spiro atoms. The Balaban J connectivity index is 1.43. The van der Waals surface area contributed by atoms with Crippen molar-refractivity contribution in [2.75, 3.05) is 19.6 Å². The van der Waals surface area contributed by atoms with Crippen molar-refractivity contribution in [1.82, 2.24) is 20.9 Å². The number of nitrogens with one attached hydrogen (secondary N) is 3. The molecule has 3 amide bonds. The van der Waals surface area contributed by atoms with E-state index in [-0.39, 0.29) is 41.8 Å². The summed E-state index contributed by atoms with van der Waals surface area (Å²) in [6.07, 6.45) is 10.9. The highest BCUT2D eigenvalue weighted by atomic mass is 35.5. The molecule has 1 aromatic carbocycles. The SMILES string of the molecule is CC(C)(C)NC(=O)C1(C2CCCCC2)CCN(C(=O)C[C@@H](Cc2ccc(Cl)cc2)NC(=O)[C@H]2CCCCN2)CC1. The van der Waals surface area contributed by atoms with Gasteiger partial charge in [0.25, 0.3) is 0 Å². The van der Waals surface area contributed by atoms with Gasteiger partial charge in [0.1, 0.15) is 0 Å². The van der Waals surface area contributed by atoms with Gasteiger partial charge in [0, 0.05) is 36.1 Å². The van der Waals surface area contributed by atoms with Gasteiger partial charge in [0.2, 0.25) is 17.7 Å². The maximum atomic E-state index is 13.7. The largest absolute Gasteiger partial charge is 0.351 e. The molecular formula is C32H49ClN4O3. The average Bonchev–Trinajstić information content (AvgIpc) is 2.94. The minimum absolute atomic E-state index is 0.0275. The molecule has 40 heavy (non-hydrogen) atoms. The van der Waals surface area contributed by atoms with E-state index in [1.165, 1.54) is 19.3 Å². The molecule has 4 rings (SSSR count). The molecule has 0 unspecified atom stereocenters. The van der Waals surface area contributed by atoms with Crippen molar-refractivity contribution >= 4 is 29.3 Å². The molecule has 2 aliphatic heterocycles. The summed E-state index contributed by atoms with van der Waals surface area (Å²) in [5, 5.41) is 10.4. The first-order valence-electron chi connectivity index (χ1n) is 15.4. The first-order valence-corrected chi connectivity index (χ1v) is 15.8. The fourth-order valence-corrected chi connectivity index (χ4v) is 7.02. The third kappa shape index (κ3) is 8.22. The predicted octanol–water partition coefficient (Wildman–Crippen LogP) is 5.00. The normalized spacial score (nSPS) is 22.8. The van der Waals surface area contributed by atoms with Crippen LogP contribution < -0.4 is 16.0 Å². The van der Waals surface area contributed by atoms with Gasteiger partial charge in [0.15, 0.2) is 0 Å². The molecule has 2 heterocycles. The number of hydrogen-bond acceptors (Lipinski definition) is 4. The zero-order valence-corrected chi connectivity index (χ0v) is 25.5. The van der Waals surface area contributed by atoms with E-state index < -0.39 is 5.41 Å². The Kier molecular flexibility index (Phi) is 10.6. The lowest BCUT2D eigenvalue weighted by atomic mass is 9.63. The van der Waals surface area contributed by atoms with E-state index in [4.69, 9.17) is 11.6 Å². The van der Waals surface area contributed by atoms with Crippen molar-refractivity contribution in [3.63, 3.8) is 0 Å². The van der Waals surface area contributed by atoms with Crippen molar-refractivity contribution in [2.45, 2.75) is 115 Å². The van der Waals surface area contributed by atoms with Gasteiger partial charge in [-0.15, -0.1) is 0 Å². The number of benzene rings is 1. The molecular weight excluding hydrogens is 524 g/mol. The fourth-order valence-electron chi connectivity index (χ4n) is 6.89. The van der Waals surface area contributed by atoms with Crippen LogP contribution in [0.2, 0.25) is 5.02 Å². The van der Waals surface area contributed by atoms with Crippen molar-refractivity contribution < 1.29 is 14.4 Å². The number of hydrogen-bond donors (Lipinski definition) is 3. The summed E-state index contributed by atoms with van der Waals surface area (Å²) in [5.41, 5.74) is 0.341. The molecule has 8 heteroatoms. The molecule has 1 saturated carbocycles. The summed E-state index contributed by atoms with van der Waals surface area (Å²) in [7, 11) is 0. The van der Waals surface area contributed by atoms with Crippen molar-refractivity contribution in [3.05, 3.63) is 34.9 Å². The molecule has 0 radical (unpaired) electrons. The lowest BCUT2D eigenvalue weighted by Crippen LogP contribution is -2.57. The quantitative estimate of drug-likeness (QED) is 0.409. The monoisotopic (exact) mass is 572 g/mol. The third-order valence-electron chi connectivity index (χ3n) is 9.13. The van der Waals surface area contributed by atoms with Gasteiger partial charge >= 0.3 is 0 Å². The molecule has 3 N–H and O–H groups in total. The van der Waals surface area contributed by atoms with Crippen LogP contribution in [0.1, 0.15) is 97.0 Å². The number of amides is 3. The lowest BCUT2D eigenvalue weighted by Gasteiger charge is -2.47. The zero-order chi connectivity index (χ0) is 28.8. The summed E-state index contributed by atoms with van der Waals surface area (Å²) >= 11 is 6.09. The van der Waals surface area contributed by atoms with Gasteiger partial charge in [-0.2, -0.15) is 0 Å². The van der Waals surface area contributed by atoms with Crippen LogP contribution in [-0.2, 0) is 20.8 Å². The van der Waals surface area contributed by atoms with Gasteiger partial charge in [-0.25, -0.2) is 0 Å². The Hall–Kier alpha value is -2.12. The maximum Gasteiger partial charge on any atom is 0.237 e. The molecule has 3 aliphatic rings. The number of rotatable bonds is 8.